The summed E-state index contributed by atoms with van der Waals surface area (Å²) in [5.41, 5.74) is 1.75. The lowest BCUT2D eigenvalue weighted by molar-refractivity contribution is -0.115. The molecule has 2 aromatic carbocycles. The minimum Gasteiger partial charge on any atom is -0.326 e. The lowest BCUT2D eigenvalue weighted by Crippen LogP contribution is -2.14. The first-order valence-electron chi connectivity index (χ1n) is 8.96. The van der Waals surface area contributed by atoms with Crippen LogP contribution in [0.2, 0.25) is 0 Å². The Morgan fingerprint density at radius 3 is 2.38 bits per heavy atom. The maximum absolute atomic E-state index is 12.4. The molecule has 0 aliphatic carbocycles. The number of nitrogens with one attached hydrogen (secondary N) is 2. The monoisotopic (exact) mass is 427 g/mol. The number of pyridine rings is 1. The van der Waals surface area contributed by atoms with E-state index in [0.717, 1.165) is 4.90 Å². The van der Waals surface area contributed by atoms with Crippen LogP contribution in [-0.4, -0.2) is 25.1 Å². The maximum atomic E-state index is 12.4. The summed E-state index contributed by atoms with van der Waals surface area (Å²) in [6.45, 7) is 2.03. The fourth-order valence-corrected chi connectivity index (χ4v) is 4.32. The molecule has 0 radical (unpaired) electrons. The third-order valence-corrected chi connectivity index (χ3v) is 6.36. The summed E-state index contributed by atoms with van der Waals surface area (Å²) >= 11 is 1.62. The van der Waals surface area contributed by atoms with Crippen molar-refractivity contribution in [2.75, 3.05) is 15.8 Å². The van der Waals surface area contributed by atoms with E-state index in [-0.39, 0.29) is 16.6 Å². The first-order chi connectivity index (χ1) is 13.9. The summed E-state index contributed by atoms with van der Waals surface area (Å²) in [5, 5.41) is 2.79. The van der Waals surface area contributed by atoms with Crippen molar-refractivity contribution in [1.29, 1.82) is 0 Å². The largest absolute Gasteiger partial charge is 0.326 e. The topological polar surface area (TPSA) is 88.2 Å². The highest BCUT2D eigenvalue weighted by molar-refractivity contribution is 7.99. The van der Waals surface area contributed by atoms with E-state index in [9.17, 15) is 13.2 Å². The van der Waals surface area contributed by atoms with Crippen molar-refractivity contribution in [3.05, 3.63) is 78.5 Å². The van der Waals surface area contributed by atoms with Crippen molar-refractivity contribution in [3.63, 3.8) is 0 Å². The molecule has 150 valence electrons. The molecule has 0 spiro atoms. The van der Waals surface area contributed by atoms with Gasteiger partial charge >= 0.3 is 0 Å². The number of hydrogen-bond acceptors (Lipinski definition) is 5. The number of aryl methyl sites for hydroxylation is 1. The van der Waals surface area contributed by atoms with Crippen molar-refractivity contribution < 1.29 is 13.2 Å². The lowest BCUT2D eigenvalue weighted by Gasteiger charge is -2.09. The van der Waals surface area contributed by atoms with Crippen LogP contribution in [0, 0.1) is 6.92 Å². The standard InChI is InChI=1S/C21H21N3O3S2/c1-16-5-9-18(10-6-16)28-15-13-21(25)23-17-7-11-19(12-8-17)29(26,27)24-20-4-2-3-14-22-20/h2-12,14H,13,15H2,1H3,(H,22,24)(H,23,25). The minimum atomic E-state index is -3.74. The first kappa shape index (κ1) is 20.9. The molecule has 0 atom stereocenters. The van der Waals surface area contributed by atoms with Crippen LogP contribution in [0.4, 0.5) is 11.5 Å². The van der Waals surface area contributed by atoms with Gasteiger partial charge in [0.05, 0.1) is 4.90 Å². The maximum Gasteiger partial charge on any atom is 0.263 e. The van der Waals surface area contributed by atoms with Crippen LogP contribution >= 0.6 is 11.8 Å². The molecule has 0 saturated heterocycles. The third-order valence-electron chi connectivity index (χ3n) is 3.97. The number of anilines is 2. The van der Waals surface area contributed by atoms with E-state index in [0.29, 0.717) is 17.9 Å². The van der Waals surface area contributed by atoms with Gasteiger partial charge in [0.1, 0.15) is 5.82 Å². The Kier molecular flexibility index (Phi) is 6.90. The molecule has 29 heavy (non-hydrogen) atoms. The van der Waals surface area contributed by atoms with Gasteiger partial charge in [0.15, 0.2) is 0 Å². The Morgan fingerprint density at radius 1 is 1.00 bits per heavy atom. The summed E-state index contributed by atoms with van der Waals surface area (Å²) in [6.07, 6.45) is 1.87. The molecule has 6 nitrogen and oxygen atoms in total. The van der Waals surface area contributed by atoms with Crippen LogP contribution in [0.1, 0.15) is 12.0 Å². The van der Waals surface area contributed by atoms with Crippen LogP contribution < -0.4 is 10.0 Å². The molecular formula is C21H21N3O3S2. The van der Waals surface area contributed by atoms with Crippen LogP contribution in [0.15, 0.2) is 82.7 Å². The summed E-state index contributed by atoms with van der Waals surface area (Å²) < 4.78 is 27.2. The van der Waals surface area contributed by atoms with Crippen LogP contribution in [0.5, 0.6) is 0 Å². The molecule has 1 aromatic heterocycles. The fourth-order valence-electron chi connectivity index (χ4n) is 2.46. The van der Waals surface area contributed by atoms with Crippen molar-refractivity contribution in [1.82, 2.24) is 4.98 Å². The Hall–Kier alpha value is -2.84. The molecule has 2 N–H and O–H groups in total. The van der Waals surface area contributed by atoms with Crippen molar-refractivity contribution >= 4 is 39.2 Å². The Labute approximate surface area is 174 Å². The van der Waals surface area contributed by atoms with Crippen LogP contribution in [-0.2, 0) is 14.8 Å². The summed E-state index contributed by atoms with van der Waals surface area (Å²) in [6, 6.07) is 19.2. The molecular weight excluding hydrogens is 406 g/mol. The van der Waals surface area contributed by atoms with E-state index in [1.165, 1.54) is 23.9 Å². The number of hydrogen-bond donors (Lipinski definition) is 2. The predicted octanol–water partition coefficient (Wildman–Crippen LogP) is 4.31. The zero-order valence-electron chi connectivity index (χ0n) is 15.8. The molecule has 0 bridgehead atoms. The summed E-state index contributed by atoms with van der Waals surface area (Å²) in [4.78, 5) is 17.3. The van der Waals surface area contributed by atoms with E-state index in [1.807, 2.05) is 31.2 Å². The number of carbonyl (C=O) groups excluding carboxylic acids is 1. The number of nitrogens with zero attached hydrogens (tertiary/aromatic N) is 1. The highest BCUT2D eigenvalue weighted by atomic mass is 32.2. The number of carbonyl (C=O) groups is 1. The van der Waals surface area contributed by atoms with Crippen molar-refractivity contribution in [2.24, 2.45) is 0 Å². The highest BCUT2D eigenvalue weighted by Crippen LogP contribution is 2.20. The minimum absolute atomic E-state index is 0.0936. The molecule has 0 fully saturated rings. The van der Waals surface area contributed by atoms with E-state index in [1.54, 1.807) is 42.1 Å². The zero-order chi connectivity index (χ0) is 20.7. The van der Waals surface area contributed by atoms with Crippen LogP contribution in [0.3, 0.4) is 0 Å². The first-order valence-corrected chi connectivity index (χ1v) is 11.4. The predicted molar refractivity (Wildman–Crippen MR) is 117 cm³/mol. The smallest absolute Gasteiger partial charge is 0.263 e. The van der Waals surface area contributed by atoms with Gasteiger partial charge in [0, 0.05) is 29.0 Å². The van der Waals surface area contributed by atoms with Crippen molar-refractivity contribution in [3.8, 4) is 0 Å². The molecule has 1 amide bonds. The normalized spacial score (nSPS) is 11.1. The van der Waals surface area contributed by atoms with Gasteiger partial charge in [-0.25, -0.2) is 13.4 Å². The van der Waals surface area contributed by atoms with E-state index >= 15 is 0 Å². The molecule has 0 aliphatic rings. The van der Waals surface area contributed by atoms with Crippen molar-refractivity contribution in [2.45, 2.75) is 23.1 Å². The number of thioether (sulfide) groups is 1. The lowest BCUT2D eigenvalue weighted by atomic mass is 10.2. The number of benzene rings is 2. The van der Waals surface area contributed by atoms with Gasteiger partial charge in [-0.2, -0.15) is 0 Å². The SMILES string of the molecule is Cc1ccc(SCCC(=O)Nc2ccc(S(=O)(=O)Nc3ccccn3)cc2)cc1. The van der Waals surface area contributed by atoms with E-state index in [2.05, 4.69) is 15.0 Å². The quantitative estimate of drug-likeness (QED) is 0.523. The number of amides is 1. The average molecular weight is 428 g/mol. The van der Waals surface area contributed by atoms with Gasteiger partial charge in [0.2, 0.25) is 5.91 Å². The number of rotatable bonds is 8. The molecule has 0 aliphatic heterocycles. The van der Waals surface area contributed by atoms with Gasteiger partial charge in [0.25, 0.3) is 10.0 Å². The molecule has 0 saturated carbocycles. The van der Waals surface area contributed by atoms with Gasteiger partial charge < -0.3 is 5.32 Å². The Morgan fingerprint density at radius 2 is 1.72 bits per heavy atom. The van der Waals surface area contributed by atoms with Crippen LogP contribution in [0.25, 0.3) is 0 Å². The number of sulfonamides is 1. The van der Waals surface area contributed by atoms with E-state index < -0.39 is 10.0 Å². The molecule has 3 aromatic rings. The number of aromatic nitrogens is 1. The average Bonchev–Trinajstić information content (AvgIpc) is 2.70. The second kappa shape index (κ2) is 9.58. The molecule has 3 rings (SSSR count). The summed E-state index contributed by atoms with van der Waals surface area (Å²) in [7, 11) is -3.74. The Bertz CT molecular complexity index is 1050. The van der Waals surface area contributed by atoms with Gasteiger partial charge in [-0.1, -0.05) is 23.8 Å². The highest BCUT2D eigenvalue weighted by Gasteiger charge is 2.14. The Balaban J connectivity index is 1.51. The van der Waals surface area contributed by atoms with Gasteiger partial charge in [-0.15, -0.1) is 11.8 Å². The zero-order valence-corrected chi connectivity index (χ0v) is 17.5. The fraction of sp³-hybridized carbons (Fsp3) is 0.143. The summed E-state index contributed by atoms with van der Waals surface area (Å²) in [5.74, 6) is 0.790. The molecule has 1 heterocycles. The third kappa shape index (κ3) is 6.33. The van der Waals surface area contributed by atoms with Gasteiger partial charge in [-0.05, 0) is 55.5 Å². The molecule has 8 heteroatoms. The second-order valence-electron chi connectivity index (χ2n) is 6.30. The second-order valence-corrected chi connectivity index (χ2v) is 9.16. The van der Waals surface area contributed by atoms with Gasteiger partial charge in [-0.3, -0.25) is 9.52 Å². The molecule has 0 unspecified atom stereocenters. The van der Waals surface area contributed by atoms with E-state index in [4.69, 9.17) is 0 Å².